The van der Waals surface area contributed by atoms with Crippen LogP contribution in [0.2, 0.25) is 0 Å². The van der Waals surface area contributed by atoms with Gasteiger partial charge in [-0.2, -0.15) is 0 Å². The summed E-state index contributed by atoms with van der Waals surface area (Å²) in [4.78, 5) is 25.5. The maximum Gasteiger partial charge on any atom is 0.308 e. The van der Waals surface area contributed by atoms with Crippen molar-refractivity contribution in [2.45, 2.75) is 6.42 Å². The number of hydrogen-bond acceptors (Lipinski definition) is 4. The van der Waals surface area contributed by atoms with Crippen LogP contribution in [0.15, 0.2) is 60.7 Å². The van der Waals surface area contributed by atoms with Gasteiger partial charge in [-0.05, 0) is 12.1 Å². The molecule has 0 aliphatic carbocycles. The number of benzene rings is 2. The minimum Gasteiger partial charge on any atom is -0.457 e. The number of ketones is 1. The third kappa shape index (κ3) is 4.74. The van der Waals surface area contributed by atoms with E-state index < -0.39 is 0 Å². The van der Waals surface area contributed by atoms with E-state index in [2.05, 4.69) is 0 Å². The molecule has 0 aliphatic heterocycles. The molecule has 0 N–H and O–H groups in total. The van der Waals surface area contributed by atoms with Gasteiger partial charge >= 0.3 is 5.97 Å². The summed E-state index contributed by atoms with van der Waals surface area (Å²) in [5.41, 5.74) is 1.59. The van der Waals surface area contributed by atoms with Crippen molar-refractivity contribution < 1.29 is 14.3 Å². The van der Waals surface area contributed by atoms with Gasteiger partial charge in [0.2, 0.25) is 0 Å². The number of nitrogens with zero attached hydrogens (tertiary/aromatic N) is 1. The summed E-state index contributed by atoms with van der Waals surface area (Å²) in [5.74, 6) is -0.558. The van der Waals surface area contributed by atoms with Crippen LogP contribution in [0, 0.1) is 0 Å². The zero-order valence-corrected chi connectivity index (χ0v) is 12.6. The molecule has 2 aromatic carbocycles. The van der Waals surface area contributed by atoms with Crippen molar-refractivity contribution in [2.75, 3.05) is 25.1 Å². The summed E-state index contributed by atoms with van der Waals surface area (Å²) >= 11 is 0. The van der Waals surface area contributed by atoms with Crippen LogP contribution in [0.4, 0.5) is 5.69 Å². The number of anilines is 1. The Bertz CT molecular complexity index is 611. The molecular formula is C18H19NO3. The fraction of sp³-hybridized carbons (Fsp3) is 0.222. The van der Waals surface area contributed by atoms with Crippen molar-refractivity contribution in [1.29, 1.82) is 0 Å². The number of esters is 1. The van der Waals surface area contributed by atoms with Crippen molar-refractivity contribution >= 4 is 17.4 Å². The molecule has 0 saturated carbocycles. The first-order valence-corrected chi connectivity index (χ1v) is 7.17. The highest BCUT2D eigenvalue weighted by molar-refractivity contribution is 5.97. The van der Waals surface area contributed by atoms with Crippen LogP contribution < -0.4 is 4.90 Å². The third-order valence-electron chi connectivity index (χ3n) is 3.31. The molecule has 4 nitrogen and oxygen atoms in total. The third-order valence-corrected chi connectivity index (χ3v) is 3.31. The minimum atomic E-state index is -0.368. The summed E-state index contributed by atoms with van der Waals surface area (Å²) in [7, 11) is 1.91. The first-order valence-electron chi connectivity index (χ1n) is 7.17. The van der Waals surface area contributed by atoms with Crippen molar-refractivity contribution in [1.82, 2.24) is 0 Å². The van der Waals surface area contributed by atoms with Gasteiger partial charge in [-0.25, -0.2) is 0 Å². The molecule has 0 atom stereocenters. The highest BCUT2D eigenvalue weighted by Gasteiger charge is 2.10. The summed E-state index contributed by atoms with van der Waals surface area (Å²) in [6.07, 6.45) is 0.244. The maximum atomic E-state index is 11.8. The molecule has 22 heavy (non-hydrogen) atoms. The summed E-state index contributed by atoms with van der Waals surface area (Å²) in [5, 5.41) is 0. The second-order valence-corrected chi connectivity index (χ2v) is 4.96. The first kappa shape index (κ1) is 15.8. The van der Waals surface area contributed by atoms with E-state index in [1.54, 1.807) is 24.3 Å². The largest absolute Gasteiger partial charge is 0.457 e. The fourth-order valence-corrected chi connectivity index (χ4v) is 2.00. The normalized spacial score (nSPS) is 10.0. The molecule has 0 spiro atoms. The predicted octanol–water partition coefficient (Wildman–Crippen LogP) is 2.94. The molecule has 2 aromatic rings. The van der Waals surface area contributed by atoms with E-state index in [4.69, 9.17) is 4.74 Å². The smallest absolute Gasteiger partial charge is 0.308 e. The standard InChI is InChI=1S/C18H19NO3/c1-19(16-10-6-3-7-11-16)13-12-18(21)22-14-17(20)15-8-4-2-5-9-15/h2-11H,12-14H2,1H3. The van der Waals surface area contributed by atoms with E-state index in [9.17, 15) is 9.59 Å². The average molecular weight is 297 g/mol. The molecule has 0 unspecified atom stereocenters. The second-order valence-electron chi connectivity index (χ2n) is 4.96. The Labute approximate surface area is 130 Å². The number of carbonyl (C=O) groups excluding carboxylic acids is 2. The van der Waals surface area contributed by atoms with E-state index in [-0.39, 0.29) is 24.8 Å². The van der Waals surface area contributed by atoms with Crippen LogP contribution in [0.25, 0.3) is 0 Å². The molecule has 4 heteroatoms. The molecule has 0 bridgehead atoms. The van der Waals surface area contributed by atoms with Crippen LogP contribution in [0.5, 0.6) is 0 Å². The van der Waals surface area contributed by atoms with Gasteiger partial charge in [0.1, 0.15) is 0 Å². The Morgan fingerprint density at radius 3 is 2.18 bits per heavy atom. The van der Waals surface area contributed by atoms with E-state index >= 15 is 0 Å². The van der Waals surface area contributed by atoms with Gasteiger partial charge in [-0.3, -0.25) is 9.59 Å². The Morgan fingerprint density at radius 2 is 1.55 bits per heavy atom. The van der Waals surface area contributed by atoms with Gasteiger partial charge in [0, 0.05) is 24.8 Å². The van der Waals surface area contributed by atoms with Crippen LogP contribution in [-0.4, -0.2) is 32.0 Å². The molecule has 2 rings (SSSR count). The quantitative estimate of drug-likeness (QED) is 0.582. The Balaban J connectivity index is 1.73. The zero-order chi connectivity index (χ0) is 15.8. The number of rotatable bonds is 7. The molecule has 0 saturated heterocycles. The lowest BCUT2D eigenvalue weighted by Gasteiger charge is -2.18. The van der Waals surface area contributed by atoms with Gasteiger partial charge < -0.3 is 9.64 Å². The van der Waals surface area contributed by atoms with Gasteiger partial charge in [0.05, 0.1) is 6.42 Å². The monoisotopic (exact) mass is 297 g/mol. The number of ether oxygens (including phenoxy) is 1. The molecule has 0 amide bonds. The second kappa shape index (κ2) is 7.98. The van der Waals surface area contributed by atoms with Crippen molar-refractivity contribution in [2.24, 2.45) is 0 Å². The van der Waals surface area contributed by atoms with Crippen LogP contribution >= 0.6 is 0 Å². The molecular weight excluding hydrogens is 278 g/mol. The fourth-order valence-electron chi connectivity index (χ4n) is 2.00. The van der Waals surface area contributed by atoms with Crippen molar-refractivity contribution in [3.8, 4) is 0 Å². The zero-order valence-electron chi connectivity index (χ0n) is 12.6. The summed E-state index contributed by atoms with van der Waals surface area (Å²) in [6.45, 7) is 0.334. The average Bonchev–Trinajstić information content (AvgIpc) is 2.59. The summed E-state index contributed by atoms with van der Waals surface area (Å²) < 4.78 is 5.03. The maximum absolute atomic E-state index is 11.8. The van der Waals surface area contributed by atoms with E-state index in [0.29, 0.717) is 12.1 Å². The number of hydrogen-bond donors (Lipinski definition) is 0. The lowest BCUT2D eigenvalue weighted by atomic mass is 10.1. The van der Waals surface area contributed by atoms with Gasteiger partial charge in [-0.1, -0.05) is 48.5 Å². The van der Waals surface area contributed by atoms with Gasteiger partial charge in [0.15, 0.2) is 12.4 Å². The molecule has 0 aromatic heterocycles. The Morgan fingerprint density at radius 1 is 0.955 bits per heavy atom. The molecule has 0 fully saturated rings. The topological polar surface area (TPSA) is 46.6 Å². The van der Waals surface area contributed by atoms with Crippen molar-refractivity contribution in [3.05, 3.63) is 66.2 Å². The SMILES string of the molecule is CN(CCC(=O)OCC(=O)c1ccccc1)c1ccccc1. The highest BCUT2D eigenvalue weighted by atomic mass is 16.5. The Hall–Kier alpha value is -2.62. The lowest BCUT2D eigenvalue weighted by molar-refractivity contribution is -0.142. The first-order chi connectivity index (χ1) is 10.7. The summed E-state index contributed by atoms with van der Waals surface area (Å²) in [6, 6.07) is 18.6. The van der Waals surface area contributed by atoms with Gasteiger partial charge in [0.25, 0.3) is 0 Å². The van der Waals surface area contributed by atoms with Crippen LogP contribution in [0.1, 0.15) is 16.8 Å². The minimum absolute atomic E-state index is 0.189. The predicted molar refractivity (Wildman–Crippen MR) is 86.1 cm³/mol. The van der Waals surface area contributed by atoms with E-state index in [1.165, 1.54) is 0 Å². The number of para-hydroxylation sites is 1. The van der Waals surface area contributed by atoms with Gasteiger partial charge in [-0.15, -0.1) is 0 Å². The molecule has 0 aliphatic rings. The van der Waals surface area contributed by atoms with Crippen LogP contribution in [0.3, 0.4) is 0 Å². The number of Topliss-reactive ketones (excluding diaryl/α,β-unsaturated/α-hetero) is 1. The Kier molecular flexibility index (Phi) is 5.72. The molecule has 0 heterocycles. The lowest BCUT2D eigenvalue weighted by Crippen LogP contribution is -2.23. The van der Waals surface area contributed by atoms with Crippen molar-refractivity contribution in [3.63, 3.8) is 0 Å². The molecule has 0 radical (unpaired) electrons. The molecule has 114 valence electrons. The van der Waals surface area contributed by atoms with Crippen LogP contribution in [-0.2, 0) is 9.53 Å². The number of carbonyl (C=O) groups is 2. The highest BCUT2D eigenvalue weighted by Crippen LogP contribution is 2.11. The van der Waals surface area contributed by atoms with E-state index in [0.717, 1.165) is 5.69 Å². The van der Waals surface area contributed by atoms with E-state index in [1.807, 2.05) is 48.3 Å².